The van der Waals surface area contributed by atoms with Crippen LogP contribution in [0.3, 0.4) is 0 Å². The van der Waals surface area contributed by atoms with E-state index >= 15 is 0 Å². The van der Waals surface area contributed by atoms with Crippen molar-refractivity contribution in [3.05, 3.63) is 29.6 Å². The smallest absolute Gasteiger partial charge is 0.251 e. The van der Waals surface area contributed by atoms with Gasteiger partial charge in [0.15, 0.2) is 0 Å². The number of hydrogen-bond acceptors (Lipinski definition) is 2. The molecule has 1 unspecified atom stereocenters. The van der Waals surface area contributed by atoms with Gasteiger partial charge in [0.25, 0.3) is 5.91 Å². The van der Waals surface area contributed by atoms with Gasteiger partial charge in [0.1, 0.15) is 5.82 Å². The van der Waals surface area contributed by atoms with Gasteiger partial charge < -0.3 is 9.88 Å². The van der Waals surface area contributed by atoms with Crippen LogP contribution >= 0.6 is 0 Å². The number of carbonyl (C=O) groups excluding carboxylic acids is 1. The summed E-state index contributed by atoms with van der Waals surface area (Å²) in [7, 11) is 0. The number of nitrogens with one attached hydrogen (secondary N) is 1. The Morgan fingerprint density at radius 1 is 1.48 bits per heavy atom. The van der Waals surface area contributed by atoms with Crippen molar-refractivity contribution in [2.24, 2.45) is 5.92 Å². The number of aromatic nitrogens is 2. The molecule has 1 aromatic heterocycles. The average Bonchev–Trinajstić information content (AvgIpc) is 2.83. The highest BCUT2D eigenvalue weighted by molar-refractivity contribution is 5.97. The Morgan fingerprint density at radius 3 is 3.14 bits per heavy atom. The maximum atomic E-state index is 12.1. The van der Waals surface area contributed by atoms with Gasteiger partial charge in [-0.15, -0.1) is 0 Å². The zero-order valence-corrected chi connectivity index (χ0v) is 12.9. The van der Waals surface area contributed by atoms with Crippen molar-refractivity contribution in [1.29, 1.82) is 0 Å². The molecule has 2 aromatic rings. The first-order valence-corrected chi connectivity index (χ1v) is 7.96. The molecule has 0 aliphatic carbocycles. The van der Waals surface area contributed by atoms with Crippen molar-refractivity contribution in [1.82, 2.24) is 14.9 Å². The van der Waals surface area contributed by atoms with E-state index in [9.17, 15) is 4.79 Å². The van der Waals surface area contributed by atoms with Crippen LogP contribution in [0.15, 0.2) is 18.2 Å². The highest BCUT2D eigenvalue weighted by Gasteiger charge is 2.19. The molecule has 1 atom stereocenters. The molecule has 1 aliphatic rings. The maximum Gasteiger partial charge on any atom is 0.251 e. The van der Waals surface area contributed by atoms with Gasteiger partial charge in [0.2, 0.25) is 0 Å². The first kappa shape index (κ1) is 14.1. The minimum absolute atomic E-state index is 0.00434. The summed E-state index contributed by atoms with van der Waals surface area (Å²) in [6, 6.07) is 5.87. The summed E-state index contributed by atoms with van der Waals surface area (Å²) in [4.78, 5) is 16.8. The molecular formula is C17H23N3O. The summed E-state index contributed by atoms with van der Waals surface area (Å²) < 4.78 is 2.30. The van der Waals surface area contributed by atoms with Crippen LogP contribution in [-0.4, -0.2) is 22.0 Å². The van der Waals surface area contributed by atoms with Gasteiger partial charge in [-0.2, -0.15) is 0 Å². The van der Waals surface area contributed by atoms with Gasteiger partial charge in [-0.05, 0) is 37.0 Å². The van der Waals surface area contributed by atoms with Crippen molar-refractivity contribution in [3.8, 4) is 0 Å². The monoisotopic (exact) mass is 285 g/mol. The lowest BCUT2D eigenvalue weighted by Crippen LogP contribution is -2.24. The second-order valence-corrected chi connectivity index (χ2v) is 6.09. The third-order valence-corrected chi connectivity index (χ3v) is 4.28. The number of hydrogen-bond donors (Lipinski definition) is 1. The highest BCUT2D eigenvalue weighted by atomic mass is 16.1. The fourth-order valence-corrected chi connectivity index (χ4v) is 2.97. The molecule has 21 heavy (non-hydrogen) atoms. The SMILES string of the molecule is CCCCNC(=O)c1ccc2c(c1)nc1n2CCC(C)C1. The van der Waals surface area contributed by atoms with Gasteiger partial charge in [0, 0.05) is 25.1 Å². The fourth-order valence-electron chi connectivity index (χ4n) is 2.97. The fraction of sp³-hybridized carbons (Fsp3) is 0.529. The van der Waals surface area contributed by atoms with E-state index in [0.29, 0.717) is 11.5 Å². The van der Waals surface area contributed by atoms with E-state index in [1.54, 1.807) is 0 Å². The van der Waals surface area contributed by atoms with Crippen molar-refractivity contribution in [2.75, 3.05) is 6.54 Å². The second-order valence-electron chi connectivity index (χ2n) is 6.09. The molecule has 4 heteroatoms. The molecule has 0 bridgehead atoms. The molecule has 4 nitrogen and oxygen atoms in total. The van der Waals surface area contributed by atoms with E-state index in [0.717, 1.165) is 49.2 Å². The number of nitrogens with zero attached hydrogens (tertiary/aromatic N) is 2. The third kappa shape index (κ3) is 2.80. The maximum absolute atomic E-state index is 12.1. The Labute approximate surface area is 125 Å². The van der Waals surface area contributed by atoms with Gasteiger partial charge in [-0.1, -0.05) is 20.3 Å². The van der Waals surface area contributed by atoms with E-state index < -0.39 is 0 Å². The quantitative estimate of drug-likeness (QED) is 0.877. The van der Waals surface area contributed by atoms with E-state index in [4.69, 9.17) is 4.98 Å². The number of unbranched alkanes of at least 4 members (excludes halogenated alkanes) is 1. The van der Waals surface area contributed by atoms with Crippen molar-refractivity contribution in [2.45, 2.75) is 46.1 Å². The molecule has 1 aliphatic heterocycles. The molecule has 1 amide bonds. The summed E-state index contributed by atoms with van der Waals surface area (Å²) in [5, 5.41) is 2.96. The molecule has 0 saturated carbocycles. The second kappa shape index (κ2) is 5.88. The Hall–Kier alpha value is -1.84. The zero-order valence-electron chi connectivity index (χ0n) is 12.9. The Kier molecular flexibility index (Phi) is 3.95. The largest absolute Gasteiger partial charge is 0.352 e. The van der Waals surface area contributed by atoms with Crippen LogP contribution < -0.4 is 5.32 Å². The van der Waals surface area contributed by atoms with E-state index in [-0.39, 0.29) is 5.91 Å². The lowest BCUT2D eigenvalue weighted by atomic mass is 10.0. The van der Waals surface area contributed by atoms with Crippen LogP contribution in [0.1, 0.15) is 49.3 Å². The lowest BCUT2D eigenvalue weighted by Gasteiger charge is -2.19. The number of amides is 1. The first-order chi connectivity index (χ1) is 10.2. The number of fused-ring (bicyclic) bond motifs is 3. The summed E-state index contributed by atoms with van der Waals surface area (Å²) in [5.74, 6) is 1.86. The van der Waals surface area contributed by atoms with E-state index in [2.05, 4.69) is 23.7 Å². The van der Waals surface area contributed by atoms with Crippen molar-refractivity contribution < 1.29 is 4.79 Å². The predicted molar refractivity (Wildman–Crippen MR) is 84.5 cm³/mol. The van der Waals surface area contributed by atoms with Crippen LogP contribution in [-0.2, 0) is 13.0 Å². The number of rotatable bonds is 4. The molecule has 3 rings (SSSR count). The Bertz CT molecular complexity index is 659. The normalized spacial score (nSPS) is 17.7. The molecule has 2 heterocycles. The average molecular weight is 285 g/mol. The Morgan fingerprint density at radius 2 is 2.33 bits per heavy atom. The molecule has 0 spiro atoms. The Balaban J connectivity index is 1.85. The summed E-state index contributed by atoms with van der Waals surface area (Å²) in [6.07, 6.45) is 4.35. The molecule has 1 N–H and O–H groups in total. The predicted octanol–water partition coefficient (Wildman–Crippen LogP) is 3.15. The van der Waals surface area contributed by atoms with Gasteiger partial charge in [0.05, 0.1) is 11.0 Å². The summed E-state index contributed by atoms with van der Waals surface area (Å²) in [6.45, 7) is 6.17. The lowest BCUT2D eigenvalue weighted by molar-refractivity contribution is 0.0953. The third-order valence-electron chi connectivity index (χ3n) is 4.28. The van der Waals surface area contributed by atoms with Crippen molar-refractivity contribution >= 4 is 16.9 Å². The zero-order chi connectivity index (χ0) is 14.8. The highest BCUT2D eigenvalue weighted by Crippen LogP contribution is 2.25. The molecule has 112 valence electrons. The van der Waals surface area contributed by atoms with E-state index in [1.165, 1.54) is 6.42 Å². The van der Waals surface area contributed by atoms with Crippen LogP contribution in [0.5, 0.6) is 0 Å². The molecule has 1 aromatic carbocycles. The molecule has 0 fully saturated rings. The molecular weight excluding hydrogens is 262 g/mol. The number of imidazole rings is 1. The number of carbonyl (C=O) groups is 1. The minimum atomic E-state index is 0.00434. The minimum Gasteiger partial charge on any atom is -0.352 e. The standard InChI is InChI=1S/C17H23N3O/c1-3-4-8-18-17(21)13-5-6-15-14(11-13)19-16-10-12(2)7-9-20(15)16/h5-6,11-12H,3-4,7-10H2,1-2H3,(H,18,21). The summed E-state index contributed by atoms with van der Waals surface area (Å²) >= 11 is 0. The first-order valence-electron chi connectivity index (χ1n) is 7.96. The molecule has 0 saturated heterocycles. The van der Waals surface area contributed by atoms with E-state index in [1.807, 2.05) is 18.2 Å². The van der Waals surface area contributed by atoms with Gasteiger partial charge in [-0.3, -0.25) is 4.79 Å². The number of benzene rings is 1. The molecule has 0 radical (unpaired) electrons. The summed E-state index contributed by atoms with van der Waals surface area (Å²) in [5.41, 5.74) is 2.81. The van der Waals surface area contributed by atoms with Crippen LogP contribution in [0.2, 0.25) is 0 Å². The van der Waals surface area contributed by atoms with Gasteiger partial charge in [-0.25, -0.2) is 4.98 Å². The topological polar surface area (TPSA) is 46.9 Å². The van der Waals surface area contributed by atoms with Crippen LogP contribution in [0.25, 0.3) is 11.0 Å². The van der Waals surface area contributed by atoms with Gasteiger partial charge >= 0.3 is 0 Å². The van der Waals surface area contributed by atoms with Crippen LogP contribution in [0, 0.1) is 5.92 Å². The number of aryl methyl sites for hydroxylation is 1. The van der Waals surface area contributed by atoms with Crippen LogP contribution in [0.4, 0.5) is 0 Å². The van der Waals surface area contributed by atoms with Crippen molar-refractivity contribution in [3.63, 3.8) is 0 Å².